The minimum atomic E-state index is -0.421. The van der Waals surface area contributed by atoms with Crippen LogP contribution in [0.3, 0.4) is 0 Å². The van der Waals surface area contributed by atoms with Gasteiger partial charge < -0.3 is 5.32 Å². The Morgan fingerprint density at radius 3 is 2.81 bits per heavy atom. The van der Waals surface area contributed by atoms with Crippen LogP contribution in [0, 0.1) is 11.7 Å². The molecule has 1 amide bonds. The van der Waals surface area contributed by atoms with Gasteiger partial charge in [0.1, 0.15) is 17.7 Å². The van der Waals surface area contributed by atoms with Gasteiger partial charge in [-0.3, -0.25) is 20.1 Å². The Hall–Kier alpha value is -2.42. The maximum Gasteiger partial charge on any atom is 0.244 e. The molecule has 8 heteroatoms. The smallest absolute Gasteiger partial charge is 0.244 e. The second-order valence-corrected chi connectivity index (χ2v) is 9.36. The third-order valence-corrected chi connectivity index (χ3v) is 7.16. The van der Waals surface area contributed by atoms with Crippen molar-refractivity contribution in [1.82, 2.24) is 25.7 Å². The van der Waals surface area contributed by atoms with Crippen molar-refractivity contribution in [3.05, 3.63) is 53.7 Å². The molecule has 2 aromatic rings. The molecular weight excluding hydrogens is 407 g/mol. The van der Waals surface area contributed by atoms with E-state index in [0.29, 0.717) is 11.7 Å². The number of carbonyl (C=O) groups is 1. The quantitative estimate of drug-likeness (QED) is 0.666. The topological polar surface area (TPSA) is 82.2 Å². The maximum absolute atomic E-state index is 13.1. The van der Waals surface area contributed by atoms with Gasteiger partial charge in [-0.15, -0.1) is 0 Å². The normalized spacial score (nSPS) is 28.3. The van der Waals surface area contributed by atoms with E-state index in [1.54, 1.807) is 0 Å². The lowest BCUT2D eigenvalue weighted by molar-refractivity contribution is -0.119. The van der Waals surface area contributed by atoms with Crippen molar-refractivity contribution >= 4 is 11.7 Å². The molecule has 0 bridgehead atoms. The Labute approximate surface area is 188 Å². The average molecular weight is 439 g/mol. The van der Waals surface area contributed by atoms with Gasteiger partial charge in [0.25, 0.3) is 0 Å². The van der Waals surface area contributed by atoms with E-state index < -0.39 is 5.82 Å². The van der Waals surface area contributed by atoms with Gasteiger partial charge in [-0.1, -0.05) is 12.5 Å². The van der Waals surface area contributed by atoms with Gasteiger partial charge in [0.2, 0.25) is 5.91 Å². The Kier molecular flexibility index (Phi) is 6.43. The predicted molar refractivity (Wildman–Crippen MR) is 120 cm³/mol. The molecule has 4 heterocycles. The van der Waals surface area contributed by atoms with E-state index in [1.807, 2.05) is 12.4 Å². The Morgan fingerprint density at radius 2 is 2.00 bits per heavy atom. The number of fused-ring (bicyclic) bond motifs is 1. The maximum atomic E-state index is 13.1. The zero-order valence-electron chi connectivity index (χ0n) is 18.3. The summed E-state index contributed by atoms with van der Waals surface area (Å²) in [6, 6.07) is 5.02. The summed E-state index contributed by atoms with van der Waals surface area (Å²) >= 11 is 0. The zero-order valence-corrected chi connectivity index (χ0v) is 18.3. The SMILES string of the molecule is O=C(Nc1ccc(F)cn1)C1NNC2CCC(c3cncc(CN4CCCCC4)c3)CC21. The van der Waals surface area contributed by atoms with Crippen LogP contribution in [0.15, 0.2) is 36.8 Å². The van der Waals surface area contributed by atoms with Gasteiger partial charge in [0.05, 0.1) is 6.20 Å². The second kappa shape index (κ2) is 9.60. The molecule has 2 aliphatic heterocycles. The molecule has 0 aromatic carbocycles. The van der Waals surface area contributed by atoms with Crippen LogP contribution in [-0.4, -0.2) is 45.9 Å². The van der Waals surface area contributed by atoms with Crippen LogP contribution in [0.25, 0.3) is 0 Å². The third kappa shape index (κ3) is 4.82. The molecule has 0 spiro atoms. The summed E-state index contributed by atoms with van der Waals surface area (Å²) in [6.07, 6.45) is 12.0. The monoisotopic (exact) mass is 438 g/mol. The average Bonchev–Trinajstić information content (AvgIpc) is 3.25. The summed E-state index contributed by atoms with van der Waals surface area (Å²) < 4.78 is 13.1. The van der Waals surface area contributed by atoms with E-state index in [-0.39, 0.29) is 23.9 Å². The highest BCUT2D eigenvalue weighted by Gasteiger charge is 2.44. The summed E-state index contributed by atoms with van der Waals surface area (Å²) in [7, 11) is 0. The lowest BCUT2D eigenvalue weighted by Gasteiger charge is -2.33. The number of hydrazine groups is 1. The van der Waals surface area contributed by atoms with Crippen LogP contribution >= 0.6 is 0 Å². The molecule has 5 rings (SSSR count). The van der Waals surface area contributed by atoms with E-state index in [4.69, 9.17) is 0 Å². The highest BCUT2D eigenvalue weighted by atomic mass is 19.1. The largest absolute Gasteiger partial charge is 0.309 e. The van der Waals surface area contributed by atoms with Crippen molar-refractivity contribution < 1.29 is 9.18 Å². The number of hydrogen-bond acceptors (Lipinski definition) is 6. The van der Waals surface area contributed by atoms with E-state index in [9.17, 15) is 9.18 Å². The number of halogens is 1. The van der Waals surface area contributed by atoms with Crippen molar-refractivity contribution in [3.8, 4) is 0 Å². The van der Waals surface area contributed by atoms with Crippen LogP contribution in [0.5, 0.6) is 0 Å². The molecule has 0 radical (unpaired) electrons. The van der Waals surface area contributed by atoms with Crippen molar-refractivity contribution in [1.29, 1.82) is 0 Å². The lowest BCUT2D eigenvalue weighted by atomic mass is 9.73. The summed E-state index contributed by atoms with van der Waals surface area (Å²) in [5.41, 5.74) is 9.05. The molecule has 4 atom stereocenters. The number of rotatable bonds is 5. The number of anilines is 1. The molecule has 7 nitrogen and oxygen atoms in total. The van der Waals surface area contributed by atoms with Crippen molar-refractivity contribution in [2.45, 2.75) is 63.1 Å². The fourth-order valence-electron chi connectivity index (χ4n) is 5.47. The highest BCUT2D eigenvalue weighted by molar-refractivity contribution is 5.94. The number of nitrogens with one attached hydrogen (secondary N) is 3. The van der Waals surface area contributed by atoms with E-state index in [1.165, 1.54) is 55.6 Å². The summed E-state index contributed by atoms with van der Waals surface area (Å²) in [5, 5.41) is 2.82. The predicted octanol–water partition coefficient (Wildman–Crippen LogP) is 2.97. The van der Waals surface area contributed by atoms with Gasteiger partial charge in [-0.05, 0) is 74.4 Å². The molecular formula is C24H31FN6O. The van der Waals surface area contributed by atoms with Gasteiger partial charge in [0.15, 0.2) is 0 Å². The number of likely N-dealkylation sites (tertiary alicyclic amines) is 1. The molecule has 1 saturated carbocycles. The first-order valence-corrected chi connectivity index (χ1v) is 11.8. The minimum Gasteiger partial charge on any atom is -0.309 e. The Balaban J connectivity index is 1.24. The number of aromatic nitrogens is 2. The van der Waals surface area contributed by atoms with Crippen LogP contribution in [0.4, 0.5) is 10.2 Å². The number of piperidine rings is 1. The van der Waals surface area contributed by atoms with Crippen LogP contribution in [0.2, 0.25) is 0 Å². The second-order valence-electron chi connectivity index (χ2n) is 9.36. The summed E-state index contributed by atoms with van der Waals surface area (Å²) in [6.45, 7) is 3.32. The van der Waals surface area contributed by atoms with Crippen LogP contribution in [-0.2, 0) is 11.3 Å². The minimum absolute atomic E-state index is 0.137. The number of nitrogens with zero attached hydrogens (tertiary/aromatic N) is 3. The fraction of sp³-hybridized carbons (Fsp3) is 0.542. The molecule has 1 aliphatic carbocycles. The molecule has 2 saturated heterocycles. The van der Waals surface area contributed by atoms with E-state index in [2.05, 4.69) is 37.1 Å². The van der Waals surface area contributed by atoms with Gasteiger partial charge in [-0.25, -0.2) is 14.8 Å². The standard InChI is InChI=1S/C24H31FN6O/c25-19-5-7-22(27-14-19)28-24(32)23-20-11-17(4-6-21(20)29-30-23)18-10-16(12-26-13-18)15-31-8-2-1-3-9-31/h5,7,10,12-14,17,20-21,23,29-30H,1-4,6,8-9,11,15H2,(H,27,28,32). The number of hydrogen-bond donors (Lipinski definition) is 3. The van der Waals surface area contributed by atoms with Gasteiger partial charge in [-0.2, -0.15) is 0 Å². The molecule has 4 unspecified atom stereocenters. The molecule has 2 aromatic heterocycles. The van der Waals surface area contributed by atoms with Gasteiger partial charge in [0, 0.05) is 30.9 Å². The molecule has 32 heavy (non-hydrogen) atoms. The molecule has 3 N–H and O–H groups in total. The first-order valence-electron chi connectivity index (χ1n) is 11.8. The highest BCUT2D eigenvalue weighted by Crippen LogP contribution is 2.39. The number of pyridine rings is 2. The number of carbonyl (C=O) groups excluding carboxylic acids is 1. The van der Waals surface area contributed by atoms with E-state index in [0.717, 1.165) is 32.0 Å². The van der Waals surface area contributed by atoms with Crippen LogP contribution < -0.4 is 16.2 Å². The Bertz CT molecular complexity index is 932. The van der Waals surface area contributed by atoms with Gasteiger partial charge >= 0.3 is 0 Å². The third-order valence-electron chi connectivity index (χ3n) is 7.16. The number of amides is 1. The van der Waals surface area contributed by atoms with Crippen molar-refractivity contribution in [2.24, 2.45) is 5.92 Å². The van der Waals surface area contributed by atoms with E-state index >= 15 is 0 Å². The zero-order chi connectivity index (χ0) is 21.9. The summed E-state index contributed by atoms with van der Waals surface area (Å²) in [4.78, 5) is 23.9. The lowest BCUT2D eigenvalue weighted by Crippen LogP contribution is -2.42. The first-order chi connectivity index (χ1) is 15.7. The fourth-order valence-corrected chi connectivity index (χ4v) is 5.47. The first kappa shape index (κ1) is 21.4. The summed E-state index contributed by atoms with van der Waals surface area (Å²) in [5.74, 6) is 0.381. The van der Waals surface area contributed by atoms with Crippen LogP contribution in [0.1, 0.15) is 55.6 Å². The van der Waals surface area contributed by atoms with Crippen molar-refractivity contribution in [2.75, 3.05) is 18.4 Å². The Morgan fingerprint density at radius 1 is 1.12 bits per heavy atom. The molecule has 3 aliphatic rings. The molecule has 3 fully saturated rings. The molecule has 170 valence electrons. The van der Waals surface area contributed by atoms with Crippen molar-refractivity contribution in [3.63, 3.8) is 0 Å².